The Balaban J connectivity index is 2.26. The Hall–Kier alpha value is -0.640. The molecule has 0 aromatic rings. The van der Waals surface area contributed by atoms with Gasteiger partial charge in [-0.15, -0.1) is 0 Å². The second-order valence-corrected chi connectivity index (χ2v) is 3.78. The van der Waals surface area contributed by atoms with Gasteiger partial charge in [0.1, 0.15) is 0 Å². The summed E-state index contributed by atoms with van der Waals surface area (Å²) in [4.78, 5) is 11.3. The van der Waals surface area contributed by atoms with Crippen molar-refractivity contribution in [2.75, 3.05) is 0 Å². The summed E-state index contributed by atoms with van der Waals surface area (Å²) in [6, 6.07) is 0. The van der Waals surface area contributed by atoms with Crippen LogP contribution in [-0.2, 0) is 4.79 Å². The van der Waals surface area contributed by atoms with Crippen molar-refractivity contribution < 1.29 is 4.79 Å². The van der Waals surface area contributed by atoms with E-state index >= 15 is 0 Å². The van der Waals surface area contributed by atoms with Gasteiger partial charge in [0, 0.05) is 5.54 Å². The standard InChI is InChI=1S/C7H12N2OS/c1-7(2-3-7)9-6(10)4-5(8)11/h2-4H2,1H3,(H2,8,11)(H,9,10). The SMILES string of the molecule is CC1(NC(=O)CC(N)=S)CC1. The number of rotatable bonds is 3. The third kappa shape index (κ3) is 2.84. The Kier molecular flexibility index (Phi) is 2.13. The molecule has 0 atom stereocenters. The zero-order valence-corrected chi connectivity index (χ0v) is 7.33. The van der Waals surface area contributed by atoms with Gasteiger partial charge in [-0.1, -0.05) is 12.2 Å². The largest absolute Gasteiger partial charge is 0.393 e. The molecule has 4 heteroatoms. The van der Waals surface area contributed by atoms with E-state index in [4.69, 9.17) is 5.73 Å². The van der Waals surface area contributed by atoms with Crippen molar-refractivity contribution in [2.24, 2.45) is 5.73 Å². The van der Waals surface area contributed by atoms with Crippen molar-refractivity contribution in [3.05, 3.63) is 0 Å². The van der Waals surface area contributed by atoms with E-state index in [1.54, 1.807) is 0 Å². The van der Waals surface area contributed by atoms with E-state index in [9.17, 15) is 4.79 Å². The predicted molar refractivity (Wildman–Crippen MR) is 47.2 cm³/mol. The molecule has 1 rings (SSSR count). The number of carbonyl (C=O) groups excluding carboxylic acids is 1. The summed E-state index contributed by atoms with van der Waals surface area (Å²) in [5.41, 5.74) is 5.25. The molecule has 1 fully saturated rings. The van der Waals surface area contributed by atoms with Gasteiger partial charge in [0.25, 0.3) is 0 Å². The lowest BCUT2D eigenvalue weighted by atomic mass is 10.3. The Bertz CT molecular complexity index is 199. The molecule has 0 spiro atoms. The molecular formula is C7H12N2OS. The smallest absolute Gasteiger partial charge is 0.227 e. The van der Waals surface area contributed by atoms with E-state index in [1.165, 1.54) is 0 Å². The molecule has 0 heterocycles. The maximum atomic E-state index is 11.0. The van der Waals surface area contributed by atoms with Crippen LogP contribution in [0.2, 0.25) is 0 Å². The molecule has 11 heavy (non-hydrogen) atoms. The molecule has 3 nitrogen and oxygen atoms in total. The Labute approximate surface area is 71.3 Å². The number of thiocarbonyl (C=S) groups is 1. The first-order valence-electron chi connectivity index (χ1n) is 3.61. The quantitative estimate of drug-likeness (QED) is 0.603. The van der Waals surface area contributed by atoms with Crippen LogP contribution in [0.5, 0.6) is 0 Å². The van der Waals surface area contributed by atoms with Crippen molar-refractivity contribution in [1.29, 1.82) is 0 Å². The van der Waals surface area contributed by atoms with E-state index in [-0.39, 0.29) is 22.9 Å². The first-order valence-corrected chi connectivity index (χ1v) is 4.02. The molecule has 1 aliphatic carbocycles. The van der Waals surface area contributed by atoms with Crippen LogP contribution in [0.3, 0.4) is 0 Å². The van der Waals surface area contributed by atoms with E-state index in [1.807, 2.05) is 6.92 Å². The Morgan fingerprint density at radius 3 is 2.64 bits per heavy atom. The highest BCUT2D eigenvalue weighted by atomic mass is 32.1. The maximum absolute atomic E-state index is 11.0. The van der Waals surface area contributed by atoms with Crippen molar-refractivity contribution in [3.8, 4) is 0 Å². The van der Waals surface area contributed by atoms with Crippen molar-refractivity contribution in [1.82, 2.24) is 5.32 Å². The van der Waals surface area contributed by atoms with Crippen LogP contribution in [-0.4, -0.2) is 16.4 Å². The van der Waals surface area contributed by atoms with E-state index < -0.39 is 0 Å². The van der Waals surface area contributed by atoms with Crippen LogP contribution in [0.25, 0.3) is 0 Å². The van der Waals surface area contributed by atoms with Gasteiger partial charge in [-0.05, 0) is 19.8 Å². The zero-order valence-electron chi connectivity index (χ0n) is 6.52. The van der Waals surface area contributed by atoms with Gasteiger partial charge in [-0.2, -0.15) is 0 Å². The summed E-state index contributed by atoms with van der Waals surface area (Å²) in [7, 11) is 0. The molecule has 0 aromatic carbocycles. The van der Waals surface area contributed by atoms with Gasteiger partial charge >= 0.3 is 0 Å². The van der Waals surface area contributed by atoms with Gasteiger partial charge in [0.05, 0.1) is 11.4 Å². The van der Waals surface area contributed by atoms with Gasteiger partial charge < -0.3 is 11.1 Å². The molecule has 0 radical (unpaired) electrons. The zero-order chi connectivity index (χ0) is 8.48. The molecule has 0 aliphatic heterocycles. The average Bonchev–Trinajstić information content (AvgIpc) is 2.44. The lowest BCUT2D eigenvalue weighted by molar-refractivity contribution is -0.120. The Morgan fingerprint density at radius 2 is 2.27 bits per heavy atom. The molecule has 0 bridgehead atoms. The maximum Gasteiger partial charge on any atom is 0.227 e. The minimum atomic E-state index is -0.0579. The van der Waals surface area contributed by atoms with Gasteiger partial charge in [0.2, 0.25) is 5.91 Å². The monoisotopic (exact) mass is 172 g/mol. The second kappa shape index (κ2) is 2.77. The number of hydrogen-bond acceptors (Lipinski definition) is 2. The van der Waals surface area contributed by atoms with Crippen molar-refractivity contribution in [2.45, 2.75) is 31.7 Å². The van der Waals surface area contributed by atoms with Gasteiger partial charge in [-0.25, -0.2) is 0 Å². The molecule has 0 saturated heterocycles. The predicted octanol–water partition coefficient (Wildman–Crippen LogP) is 0.331. The Morgan fingerprint density at radius 1 is 1.73 bits per heavy atom. The van der Waals surface area contributed by atoms with E-state index in [2.05, 4.69) is 17.5 Å². The van der Waals surface area contributed by atoms with Gasteiger partial charge in [0.15, 0.2) is 0 Å². The minimum Gasteiger partial charge on any atom is -0.393 e. The second-order valence-electron chi connectivity index (χ2n) is 3.25. The molecule has 1 amide bonds. The van der Waals surface area contributed by atoms with E-state index in [0.717, 1.165) is 12.8 Å². The summed E-state index contributed by atoms with van der Waals surface area (Å²) in [6.07, 6.45) is 2.30. The van der Waals surface area contributed by atoms with Crippen molar-refractivity contribution in [3.63, 3.8) is 0 Å². The average molecular weight is 172 g/mol. The highest BCUT2D eigenvalue weighted by molar-refractivity contribution is 7.80. The fraction of sp³-hybridized carbons (Fsp3) is 0.714. The lowest BCUT2D eigenvalue weighted by Gasteiger charge is -2.09. The number of carbonyl (C=O) groups is 1. The molecule has 1 aliphatic rings. The highest BCUT2D eigenvalue weighted by Gasteiger charge is 2.38. The van der Waals surface area contributed by atoms with Crippen LogP contribution in [0.4, 0.5) is 0 Å². The normalized spacial score (nSPS) is 19.0. The lowest BCUT2D eigenvalue weighted by Crippen LogP contribution is -2.36. The number of nitrogens with two attached hydrogens (primary N) is 1. The van der Waals surface area contributed by atoms with Crippen LogP contribution >= 0.6 is 12.2 Å². The first kappa shape index (κ1) is 8.46. The number of hydrogen-bond donors (Lipinski definition) is 2. The summed E-state index contributed by atoms with van der Waals surface area (Å²) in [5.74, 6) is -0.0579. The number of amides is 1. The third-order valence-corrected chi connectivity index (χ3v) is 1.92. The third-order valence-electron chi connectivity index (χ3n) is 1.78. The number of nitrogens with one attached hydrogen (secondary N) is 1. The van der Waals surface area contributed by atoms with Crippen LogP contribution in [0.15, 0.2) is 0 Å². The molecule has 0 aromatic heterocycles. The van der Waals surface area contributed by atoms with Crippen molar-refractivity contribution >= 4 is 23.1 Å². The summed E-state index contributed by atoms with van der Waals surface area (Å²) >= 11 is 4.60. The van der Waals surface area contributed by atoms with Crippen LogP contribution < -0.4 is 11.1 Å². The van der Waals surface area contributed by atoms with E-state index in [0.29, 0.717) is 0 Å². The molecule has 62 valence electrons. The molecule has 3 N–H and O–H groups in total. The molecular weight excluding hydrogens is 160 g/mol. The topological polar surface area (TPSA) is 55.1 Å². The highest BCUT2D eigenvalue weighted by Crippen LogP contribution is 2.34. The van der Waals surface area contributed by atoms with Crippen LogP contribution in [0.1, 0.15) is 26.2 Å². The van der Waals surface area contributed by atoms with Gasteiger partial charge in [-0.3, -0.25) is 4.79 Å². The van der Waals surface area contributed by atoms with Crippen LogP contribution in [0, 0.1) is 0 Å². The molecule has 0 unspecified atom stereocenters. The summed E-state index contributed by atoms with van der Waals surface area (Å²) in [5, 5.41) is 2.86. The summed E-state index contributed by atoms with van der Waals surface area (Å²) < 4.78 is 0. The molecule has 1 saturated carbocycles. The fourth-order valence-electron chi connectivity index (χ4n) is 0.852. The minimum absolute atomic E-state index is 0.0435. The summed E-state index contributed by atoms with van der Waals surface area (Å²) in [6.45, 7) is 2.02. The first-order chi connectivity index (χ1) is 5.02. The fourth-order valence-corrected chi connectivity index (χ4v) is 0.983.